The first-order valence-corrected chi connectivity index (χ1v) is 7.34. The van der Waals surface area contributed by atoms with Gasteiger partial charge in [-0.15, -0.1) is 0 Å². The van der Waals surface area contributed by atoms with E-state index >= 15 is 0 Å². The van der Waals surface area contributed by atoms with Crippen molar-refractivity contribution < 1.29 is 0 Å². The first-order chi connectivity index (χ1) is 8.85. The van der Waals surface area contributed by atoms with Crippen molar-refractivity contribution in [2.75, 3.05) is 13.1 Å². The average molecular weight is 264 g/mol. The molecule has 0 radical (unpaired) electrons. The molecule has 1 aliphatic heterocycles. The van der Waals surface area contributed by atoms with E-state index < -0.39 is 0 Å². The van der Waals surface area contributed by atoms with Crippen LogP contribution in [0, 0.1) is 6.92 Å². The molecular formula is C15H28N4. The van der Waals surface area contributed by atoms with E-state index in [0.29, 0.717) is 6.04 Å². The van der Waals surface area contributed by atoms with Crippen LogP contribution in [0.5, 0.6) is 0 Å². The minimum absolute atomic E-state index is 0.206. The summed E-state index contributed by atoms with van der Waals surface area (Å²) in [6.07, 6.45) is 2.62. The molecule has 1 N–H and O–H groups in total. The fourth-order valence-electron chi connectivity index (χ4n) is 2.78. The van der Waals surface area contributed by atoms with Gasteiger partial charge in [0.05, 0.1) is 11.4 Å². The summed E-state index contributed by atoms with van der Waals surface area (Å²) in [5, 5.41) is 8.07. The second-order valence-electron chi connectivity index (χ2n) is 6.80. The third kappa shape index (κ3) is 4.05. The molecular weight excluding hydrogens is 236 g/mol. The monoisotopic (exact) mass is 264 g/mol. The number of nitrogens with one attached hydrogen (secondary N) is 1. The molecule has 1 fully saturated rings. The van der Waals surface area contributed by atoms with Gasteiger partial charge in [-0.2, -0.15) is 5.10 Å². The standard InChI is InChI=1S/C15H28N4/c1-12-9-14(18(5)17-12)11-19-8-6-7-13(19)10-16-15(2,3)4/h9,13,16H,6-8,10-11H2,1-5H3. The van der Waals surface area contributed by atoms with Gasteiger partial charge in [0.1, 0.15) is 0 Å². The van der Waals surface area contributed by atoms with Gasteiger partial charge in [0, 0.05) is 31.7 Å². The van der Waals surface area contributed by atoms with Gasteiger partial charge in [-0.3, -0.25) is 9.58 Å². The van der Waals surface area contributed by atoms with E-state index in [1.54, 1.807) is 0 Å². The molecule has 2 rings (SSSR count). The van der Waals surface area contributed by atoms with E-state index in [2.05, 4.69) is 49.1 Å². The Balaban J connectivity index is 1.93. The molecule has 0 amide bonds. The van der Waals surface area contributed by atoms with E-state index in [0.717, 1.165) is 18.8 Å². The van der Waals surface area contributed by atoms with Gasteiger partial charge in [-0.25, -0.2) is 0 Å². The molecule has 1 aliphatic rings. The van der Waals surface area contributed by atoms with Crippen molar-refractivity contribution >= 4 is 0 Å². The van der Waals surface area contributed by atoms with Crippen molar-refractivity contribution in [1.29, 1.82) is 0 Å². The normalized spacial score (nSPS) is 21.2. The van der Waals surface area contributed by atoms with Crippen LogP contribution in [-0.2, 0) is 13.6 Å². The van der Waals surface area contributed by atoms with Crippen LogP contribution in [0.3, 0.4) is 0 Å². The van der Waals surface area contributed by atoms with Crippen molar-refractivity contribution in [3.8, 4) is 0 Å². The second kappa shape index (κ2) is 5.63. The largest absolute Gasteiger partial charge is 0.311 e. The summed E-state index contributed by atoms with van der Waals surface area (Å²) < 4.78 is 2.02. The van der Waals surface area contributed by atoms with Crippen LogP contribution in [0.2, 0.25) is 0 Å². The zero-order chi connectivity index (χ0) is 14.0. The lowest BCUT2D eigenvalue weighted by Crippen LogP contribution is -2.45. The van der Waals surface area contributed by atoms with Gasteiger partial charge in [-0.1, -0.05) is 0 Å². The fraction of sp³-hybridized carbons (Fsp3) is 0.800. The van der Waals surface area contributed by atoms with Gasteiger partial charge < -0.3 is 5.32 Å². The maximum atomic E-state index is 4.44. The van der Waals surface area contributed by atoms with Crippen LogP contribution in [0.25, 0.3) is 0 Å². The van der Waals surface area contributed by atoms with Crippen molar-refractivity contribution in [2.24, 2.45) is 7.05 Å². The number of likely N-dealkylation sites (tertiary alicyclic amines) is 1. The molecule has 19 heavy (non-hydrogen) atoms. The Morgan fingerprint density at radius 3 is 2.74 bits per heavy atom. The molecule has 0 bridgehead atoms. The van der Waals surface area contributed by atoms with Gasteiger partial charge in [0.15, 0.2) is 0 Å². The fourth-order valence-corrected chi connectivity index (χ4v) is 2.78. The summed E-state index contributed by atoms with van der Waals surface area (Å²) in [7, 11) is 2.04. The van der Waals surface area contributed by atoms with E-state index in [1.165, 1.54) is 25.1 Å². The topological polar surface area (TPSA) is 33.1 Å². The van der Waals surface area contributed by atoms with Crippen LogP contribution in [0.4, 0.5) is 0 Å². The average Bonchev–Trinajstić information content (AvgIpc) is 2.83. The summed E-state index contributed by atoms with van der Waals surface area (Å²) in [5.74, 6) is 0. The van der Waals surface area contributed by atoms with Crippen LogP contribution >= 0.6 is 0 Å². The predicted molar refractivity (Wildman–Crippen MR) is 79.1 cm³/mol. The van der Waals surface area contributed by atoms with Gasteiger partial charge in [0.25, 0.3) is 0 Å². The highest BCUT2D eigenvalue weighted by Crippen LogP contribution is 2.20. The molecule has 2 heterocycles. The molecule has 0 aromatic carbocycles. The van der Waals surface area contributed by atoms with Gasteiger partial charge >= 0.3 is 0 Å². The SMILES string of the molecule is Cc1cc(CN2CCCC2CNC(C)(C)C)n(C)n1. The maximum absolute atomic E-state index is 4.44. The Morgan fingerprint density at radius 1 is 1.42 bits per heavy atom. The second-order valence-corrected chi connectivity index (χ2v) is 6.80. The molecule has 4 nitrogen and oxygen atoms in total. The first-order valence-electron chi connectivity index (χ1n) is 7.34. The highest BCUT2D eigenvalue weighted by Gasteiger charge is 2.26. The summed E-state index contributed by atoms with van der Waals surface area (Å²) in [6.45, 7) is 12.1. The van der Waals surface area contributed by atoms with Gasteiger partial charge in [-0.05, 0) is 53.1 Å². The van der Waals surface area contributed by atoms with E-state index in [1.807, 2.05) is 11.7 Å². The zero-order valence-electron chi connectivity index (χ0n) is 13.0. The molecule has 108 valence electrons. The van der Waals surface area contributed by atoms with E-state index in [-0.39, 0.29) is 5.54 Å². The summed E-state index contributed by atoms with van der Waals surface area (Å²) >= 11 is 0. The quantitative estimate of drug-likeness (QED) is 0.904. The highest BCUT2D eigenvalue weighted by atomic mass is 15.3. The molecule has 1 aromatic heterocycles. The lowest BCUT2D eigenvalue weighted by atomic mass is 10.1. The van der Waals surface area contributed by atoms with Crippen LogP contribution in [0.1, 0.15) is 45.0 Å². The van der Waals surface area contributed by atoms with Crippen molar-refractivity contribution in [3.05, 3.63) is 17.5 Å². The molecule has 4 heteroatoms. The van der Waals surface area contributed by atoms with Gasteiger partial charge in [0.2, 0.25) is 0 Å². The van der Waals surface area contributed by atoms with E-state index in [4.69, 9.17) is 0 Å². The van der Waals surface area contributed by atoms with Crippen LogP contribution < -0.4 is 5.32 Å². The molecule has 1 unspecified atom stereocenters. The Labute approximate surface area is 117 Å². The number of aromatic nitrogens is 2. The first kappa shape index (κ1) is 14.5. The third-order valence-electron chi connectivity index (χ3n) is 3.83. The maximum Gasteiger partial charge on any atom is 0.0597 e. The minimum Gasteiger partial charge on any atom is -0.311 e. The predicted octanol–water partition coefficient (Wildman–Crippen LogP) is 2.08. The summed E-state index contributed by atoms with van der Waals surface area (Å²) in [6, 6.07) is 2.86. The minimum atomic E-state index is 0.206. The Morgan fingerprint density at radius 2 is 2.16 bits per heavy atom. The number of hydrogen-bond donors (Lipinski definition) is 1. The number of nitrogens with zero attached hydrogens (tertiary/aromatic N) is 3. The molecule has 1 atom stereocenters. The number of hydrogen-bond acceptors (Lipinski definition) is 3. The van der Waals surface area contributed by atoms with Crippen LogP contribution in [0.15, 0.2) is 6.07 Å². The Kier molecular flexibility index (Phi) is 4.31. The molecule has 1 aromatic rings. The van der Waals surface area contributed by atoms with E-state index in [9.17, 15) is 0 Å². The summed E-state index contributed by atoms with van der Waals surface area (Å²) in [4.78, 5) is 2.59. The molecule has 0 saturated carbocycles. The van der Waals surface area contributed by atoms with Crippen molar-refractivity contribution in [1.82, 2.24) is 20.0 Å². The Bertz CT molecular complexity index is 416. The Hall–Kier alpha value is -0.870. The number of rotatable bonds is 4. The third-order valence-corrected chi connectivity index (χ3v) is 3.83. The summed E-state index contributed by atoms with van der Waals surface area (Å²) in [5.41, 5.74) is 2.64. The van der Waals surface area contributed by atoms with Crippen molar-refractivity contribution in [3.63, 3.8) is 0 Å². The lowest BCUT2D eigenvalue weighted by Gasteiger charge is -2.29. The van der Waals surface area contributed by atoms with Crippen molar-refractivity contribution in [2.45, 2.75) is 58.7 Å². The number of aryl methyl sites for hydroxylation is 2. The molecule has 0 spiro atoms. The lowest BCUT2D eigenvalue weighted by molar-refractivity contribution is 0.221. The zero-order valence-corrected chi connectivity index (χ0v) is 13.0. The smallest absolute Gasteiger partial charge is 0.0597 e. The van der Waals surface area contributed by atoms with Crippen LogP contribution in [-0.4, -0.2) is 39.4 Å². The molecule has 0 aliphatic carbocycles. The highest BCUT2D eigenvalue weighted by molar-refractivity contribution is 5.09. The molecule has 1 saturated heterocycles.